The summed E-state index contributed by atoms with van der Waals surface area (Å²) in [5.74, 6) is 0. The molecule has 1 aliphatic heterocycles. The molecule has 0 radical (unpaired) electrons. The fourth-order valence-electron chi connectivity index (χ4n) is 1.63. The molecule has 0 unspecified atom stereocenters. The molecule has 0 aromatic heterocycles. The lowest BCUT2D eigenvalue weighted by Gasteiger charge is -2.24. The summed E-state index contributed by atoms with van der Waals surface area (Å²) in [6, 6.07) is 8.51. The van der Waals surface area contributed by atoms with Crippen molar-refractivity contribution in [1.29, 1.82) is 0 Å². The Morgan fingerprint density at radius 2 is 1.87 bits per heavy atom. The zero-order valence-electron chi connectivity index (χ0n) is 8.49. The standard InChI is InChI=1S/C11H14BrNS.ClH/c12-10-5-4-6-11(9-10)14-13-7-2-1-3-8-13;/h4-6,9H,1-3,7-8H2;1H. The van der Waals surface area contributed by atoms with Crippen LogP contribution in [0.25, 0.3) is 0 Å². The summed E-state index contributed by atoms with van der Waals surface area (Å²) in [5.41, 5.74) is 0. The molecule has 0 aliphatic carbocycles. The zero-order valence-corrected chi connectivity index (χ0v) is 11.7. The highest BCUT2D eigenvalue weighted by molar-refractivity contribution is 9.10. The van der Waals surface area contributed by atoms with Crippen LogP contribution in [0.2, 0.25) is 0 Å². The van der Waals surface area contributed by atoms with E-state index in [2.05, 4.69) is 44.5 Å². The van der Waals surface area contributed by atoms with E-state index in [0.29, 0.717) is 0 Å². The minimum absolute atomic E-state index is 0. The maximum absolute atomic E-state index is 3.50. The number of piperidine rings is 1. The molecule has 1 fully saturated rings. The van der Waals surface area contributed by atoms with E-state index < -0.39 is 0 Å². The molecule has 0 atom stereocenters. The van der Waals surface area contributed by atoms with Crippen molar-refractivity contribution in [2.75, 3.05) is 13.1 Å². The summed E-state index contributed by atoms with van der Waals surface area (Å²) < 4.78 is 3.63. The molecule has 2 rings (SSSR count). The van der Waals surface area contributed by atoms with Gasteiger partial charge < -0.3 is 0 Å². The van der Waals surface area contributed by atoms with E-state index in [0.717, 1.165) is 0 Å². The molecule has 15 heavy (non-hydrogen) atoms. The lowest BCUT2D eigenvalue weighted by molar-refractivity contribution is 0.380. The monoisotopic (exact) mass is 307 g/mol. The molecular formula is C11H15BrClNS. The van der Waals surface area contributed by atoms with E-state index in [1.807, 2.05) is 11.9 Å². The van der Waals surface area contributed by atoms with Crippen molar-refractivity contribution in [2.45, 2.75) is 24.2 Å². The lowest BCUT2D eigenvalue weighted by Crippen LogP contribution is -2.22. The Balaban J connectivity index is 0.00000112. The van der Waals surface area contributed by atoms with Gasteiger partial charge in [0.15, 0.2) is 0 Å². The number of hydrogen-bond acceptors (Lipinski definition) is 2. The molecule has 1 aromatic carbocycles. The van der Waals surface area contributed by atoms with Gasteiger partial charge in [0.2, 0.25) is 0 Å². The van der Waals surface area contributed by atoms with Gasteiger partial charge in [-0.2, -0.15) is 0 Å². The molecule has 4 heteroatoms. The van der Waals surface area contributed by atoms with Crippen LogP contribution in [-0.4, -0.2) is 17.4 Å². The Labute approximate surface area is 110 Å². The van der Waals surface area contributed by atoms with Crippen molar-refractivity contribution < 1.29 is 0 Å². The van der Waals surface area contributed by atoms with Gasteiger partial charge in [0.25, 0.3) is 0 Å². The van der Waals surface area contributed by atoms with Crippen LogP contribution in [0.5, 0.6) is 0 Å². The predicted molar refractivity (Wildman–Crippen MR) is 72.7 cm³/mol. The Bertz CT molecular complexity index is 302. The molecule has 0 saturated carbocycles. The summed E-state index contributed by atoms with van der Waals surface area (Å²) in [7, 11) is 0. The smallest absolute Gasteiger partial charge is 0.0241 e. The number of halogens is 2. The van der Waals surface area contributed by atoms with Crippen molar-refractivity contribution in [1.82, 2.24) is 4.31 Å². The van der Waals surface area contributed by atoms with Gasteiger partial charge >= 0.3 is 0 Å². The van der Waals surface area contributed by atoms with Gasteiger partial charge in [0, 0.05) is 22.5 Å². The molecule has 1 aromatic rings. The van der Waals surface area contributed by atoms with Crippen LogP contribution < -0.4 is 0 Å². The molecule has 0 N–H and O–H groups in total. The topological polar surface area (TPSA) is 3.24 Å². The van der Waals surface area contributed by atoms with Gasteiger partial charge in [-0.05, 0) is 43.0 Å². The van der Waals surface area contributed by atoms with E-state index in [4.69, 9.17) is 0 Å². The number of nitrogens with zero attached hydrogens (tertiary/aromatic N) is 1. The van der Waals surface area contributed by atoms with Crippen molar-refractivity contribution in [2.24, 2.45) is 0 Å². The van der Waals surface area contributed by atoms with Gasteiger partial charge in [-0.15, -0.1) is 12.4 Å². The highest BCUT2D eigenvalue weighted by atomic mass is 79.9. The van der Waals surface area contributed by atoms with Crippen LogP contribution in [0.15, 0.2) is 33.6 Å². The van der Waals surface area contributed by atoms with E-state index in [1.54, 1.807) is 0 Å². The second-order valence-electron chi connectivity index (χ2n) is 3.54. The first-order valence-electron chi connectivity index (χ1n) is 5.03. The van der Waals surface area contributed by atoms with Gasteiger partial charge in [-0.1, -0.05) is 28.4 Å². The van der Waals surface area contributed by atoms with Crippen LogP contribution in [0.1, 0.15) is 19.3 Å². The van der Waals surface area contributed by atoms with Crippen molar-refractivity contribution >= 4 is 40.3 Å². The molecule has 1 heterocycles. The quantitative estimate of drug-likeness (QED) is 0.747. The minimum atomic E-state index is 0. The third-order valence-electron chi connectivity index (χ3n) is 2.35. The van der Waals surface area contributed by atoms with Gasteiger partial charge in [0.1, 0.15) is 0 Å². The Morgan fingerprint density at radius 1 is 1.13 bits per heavy atom. The maximum atomic E-state index is 3.50. The fraction of sp³-hybridized carbons (Fsp3) is 0.455. The minimum Gasteiger partial charge on any atom is -0.246 e. The fourth-order valence-corrected chi connectivity index (χ4v) is 3.24. The molecule has 1 nitrogen and oxygen atoms in total. The summed E-state index contributed by atoms with van der Waals surface area (Å²) in [6.45, 7) is 2.47. The summed E-state index contributed by atoms with van der Waals surface area (Å²) in [6.07, 6.45) is 4.09. The molecule has 0 spiro atoms. The average Bonchev–Trinajstić information content (AvgIpc) is 2.19. The molecule has 0 bridgehead atoms. The number of hydrogen-bond donors (Lipinski definition) is 0. The van der Waals surface area contributed by atoms with Crippen LogP contribution >= 0.6 is 40.3 Å². The summed E-state index contributed by atoms with van der Waals surface area (Å²) >= 11 is 5.38. The SMILES string of the molecule is Brc1cccc(SN2CCCCC2)c1.Cl. The van der Waals surface area contributed by atoms with E-state index in [1.165, 1.54) is 41.7 Å². The third-order valence-corrected chi connectivity index (χ3v) is 3.93. The molecular weight excluding hydrogens is 294 g/mol. The Morgan fingerprint density at radius 3 is 2.53 bits per heavy atom. The predicted octanol–water partition coefficient (Wildman–Crippen LogP) is 4.36. The second kappa shape index (κ2) is 6.79. The normalized spacial score (nSPS) is 17.1. The first-order valence-corrected chi connectivity index (χ1v) is 6.60. The summed E-state index contributed by atoms with van der Waals surface area (Å²) in [4.78, 5) is 1.33. The molecule has 1 saturated heterocycles. The van der Waals surface area contributed by atoms with Gasteiger partial charge in [-0.3, -0.25) is 0 Å². The van der Waals surface area contributed by atoms with Gasteiger partial charge in [0.05, 0.1) is 0 Å². The van der Waals surface area contributed by atoms with Crippen LogP contribution in [-0.2, 0) is 0 Å². The number of benzene rings is 1. The summed E-state index contributed by atoms with van der Waals surface area (Å²) in [5, 5.41) is 0. The second-order valence-corrected chi connectivity index (χ2v) is 5.62. The van der Waals surface area contributed by atoms with Crippen LogP contribution in [0, 0.1) is 0 Å². The van der Waals surface area contributed by atoms with Crippen molar-refractivity contribution in [3.05, 3.63) is 28.7 Å². The number of rotatable bonds is 2. The Kier molecular flexibility index (Phi) is 6.05. The maximum Gasteiger partial charge on any atom is 0.0241 e. The van der Waals surface area contributed by atoms with Crippen LogP contribution in [0.4, 0.5) is 0 Å². The average molecular weight is 309 g/mol. The van der Waals surface area contributed by atoms with Crippen LogP contribution in [0.3, 0.4) is 0 Å². The van der Waals surface area contributed by atoms with E-state index >= 15 is 0 Å². The highest BCUT2D eigenvalue weighted by Gasteiger charge is 2.10. The first-order chi connectivity index (χ1) is 6.84. The lowest BCUT2D eigenvalue weighted by atomic mass is 10.2. The van der Waals surface area contributed by atoms with Crippen molar-refractivity contribution in [3.8, 4) is 0 Å². The molecule has 1 aliphatic rings. The Hall–Kier alpha value is 0.300. The van der Waals surface area contributed by atoms with E-state index in [-0.39, 0.29) is 12.4 Å². The van der Waals surface area contributed by atoms with Crippen molar-refractivity contribution in [3.63, 3.8) is 0 Å². The molecule has 0 amide bonds. The van der Waals surface area contributed by atoms with Gasteiger partial charge in [-0.25, -0.2) is 4.31 Å². The first kappa shape index (κ1) is 13.4. The zero-order chi connectivity index (χ0) is 9.80. The highest BCUT2D eigenvalue weighted by Crippen LogP contribution is 2.27. The largest absolute Gasteiger partial charge is 0.246 e. The van der Waals surface area contributed by atoms with E-state index in [9.17, 15) is 0 Å². The molecule has 84 valence electrons. The third kappa shape index (κ3) is 4.35.